The molecular formula is C12H15BrN4O2. The molecule has 1 aromatic carbocycles. The molecule has 0 atom stereocenters. The Morgan fingerprint density at radius 1 is 1.47 bits per heavy atom. The highest BCUT2D eigenvalue weighted by Gasteiger charge is 2.26. The second-order valence-electron chi connectivity index (χ2n) is 4.41. The van der Waals surface area contributed by atoms with E-state index in [0.717, 1.165) is 0 Å². The molecular weight excluding hydrogens is 312 g/mol. The zero-order valence-corrected chi connectivity index (χ0v) is 12.1. The van der Waals surface area contributed by atoms with Crippen molar-refractivity contribution in [1.29, 1.82) is 0 Å². The van der Waals surface area contributed by atoms with Crippen LogP contribution in [0.15, 0.2) is 22.7 Å². The van der Waals surface area contributed by atoms with Crippen LogP contribution in [0.25, 0.3) is 0 Å². The number of amides is 3. The summed E-state index contributed by atoms with van der Waals surface area (Å²) in [6.45, 7) is 1.28. The molecule has 7 heteroatoms. The molecule has 0 bridgehead atoms. The van der Waals surface area contributed by atoms with Crippen LogP contribution in [0.1, 0.15) is 0 Å². The normalized spacial score (nSPS) is 14.9. The fourth-order valence-electron chi connectivity index (χ4n) is 1.85. The third kappa shape index (κ3) is 3.17. The first kappa shape index (κ1) is 13.7. The standard InChI is InChI=1S/C12H15BrN4O2/c1-16-4-5-17(12(16)19)7-11(18)15-10-3-2-8(14)6-9(10)13/h2-3,6H,4-5,7,14H2,1H3,(H,15,18). The molecule has 1 saturated heterocycles. The largest absolute Gasteiger partial charge is 0.399 e. The van der Waals surface area contributed by atoms with Crippen LogP contribution in [-0.4, -0.2) is 48.4 Å². The van der Waals surface area contributed by atoms with Crippen LogP contribution in [-0.2, 0) is 4.79 Å². The van der Waals surface area contributed by atoms with E-state index in [0.29, 0.717) is 28.9 Å². The van der Waals surface area contributed by atoms with Gasteiger partial charge in [-0.15, -0.1) is 0 Å². The summed E-state index contributed by atoms with van der Waals surface area (Å²) in [5.41, 5.74) is 6.87. The average molecular weight is 327 g/mol. The number of hydrogen-bond donors (Lipinski definition) is 2. The molecule has 19 heavy (non-hydrogen) atoms. The summed E-state index contributed by atoms with van der Waals surface area (Å²) in [4.78, 5) is 26.6. The van der Waals surface area contributed by atoms with Gasteiger partial charge in [0.15, 0.2) is 0 Å². The van der Waals surface area contributed by atoms with E-state index in [1.165, 1.54) is 4.90 Å². The molecule has 1 aliphatic rings. The predicted octanol–water partition coefficient (Wildman–Crippen LogP) is 1.34. The lowest BCUT2D eigenvalue weighted by Gasteiger charge is -2.16. The number of nitrogens with two attached hydrogens (primary N) is 1. The van der Waals surface area contributed by atoms with Gasteiger partial charge in [-0.3, -0.25) is 4.79 Å². The smallest absolute Gasteiger partial charge is 0.320 e. The molecule has 1 aromatic rings. The van der Waals surface area contributed by atoms with Crippen LogP contribution in [0, 0.1) is 0 Å². The fourth-order valence-corrected chi connectivity index (χ4v) is 2.34. The van der Waals surface area contributed by atoms with Gasteiger partial charge in [0.25, 0.3) is 0 Å². The second-order valence-corrected chi connectivity index (χ2v) is 5.27. The Kier molecular flexibility index (Phi) is 3.94. The van der Waals surface area contributed by atoms with Gasteiger partial charge in [-0.05, 0) is 34.1 Å². The van der Waals surface area contributed by atoms with E-state index in [2.05, 4.69) is 21.2 Å². The lowest BCUT2D eigenvalue weighted by atomic mass is 10.3. The maximum absolute atomic E-state index is 11.9. The van der Waals surface area contributed by atoms with Gasteiger partial charge in [0.1, 0.15) is 6.54 Å². The third-order valence-electron chi connectivity index (χ3n) is 2.90. The number of nitrogens with zero attached hydrogens (tertiary/aromatic N) is 2. The van der Waals surface area contributed by atoms with Gasteiger partial charge in [-0.25, -0.2) is 4.79 Å². The molecule has 0 unspecified atom stereocenters. The van der Waals surface area contributed by atoms with Crippen molar-refractivity contribution in [2.75, 3.05) is 37.7 Å². The molecule has 0 aromatic heterocycles. The maximum atomic E-state index is 11.9. The first-order chi connectivity index (χ1) is 8.97. The molecule has 6 nitrogen and oxygen atoms in total. The van der Waals surface area contributed by atoms with E-state index in [-0.39, 0.29) is 18.5 Å². The summed E-state index contributed by atoms with van der Waals surface area (Å²) in [5.74, 6) is -0.228. The van der Waals surface area contributed by atoms with Gasteiger partial charge in [0.05, 0.1) is 5.69 Å². The first-order valence-corrected chi connectivity index (χ1v) is 6.61. The van der Waals surface area contributed by atoms with Crippen LogP contribution in [0.4, 0.5) is 16.2 Å². The highest BCUT2D eigenvalue weighted by Crippen LogP contribution is 2.24. The highest BCUT2D eigenvalue weighted by atomic mass is 79.9. The summed E-state index contributed by atoms with van der Waals surface area (Å²) in [7, 11) is 1.72. The van der Waals surface area contributed by atoms with Gasteiger partial charge < -0.3 is 20.9 Å². The van der Waals surface area contributed by atoms with E-state index < -0.39 is 0 Å². The lowest BCUT2D eigenvalue weighted by molar-refractivity contribution is -0.116. The summed E-state index contributed by atoms with van der Waals surface area (Å²) in [5, 5.41) is 2.75. The number of carbonyl (C=O) groups excluding carboxylic acids is 2. The SMILES string of the molecule is CN1CCN(CC(=O)Nc2ccc(N)cc2Br)C1=O. The number of carbonyl (C=O) groups is 2. The number of nitrogens with one attached hydrogen (secondary N) is 1. The molecule has 2 rings (SSSR count). The average Bonchev–Trinajstić information content (AvgIpc) is 2.65. The Balaban J connectivity index is 1.96. The number of hydrogen-bond acceptors (Lipinski definition) is 3. The summed E-state index contributed by atoms with van der Waals surface area (Å²) in [6, 6.07) is 5.01. The monoisotopic (exact) mass is 326 g/mol. The van der Waals surface area contributed by atoms with E-state index in [9.17, 15) is 9.59 Å². The molecule has 0 aliphatic carbocycles. The molecule has 3 amide bonds. The summed E-state index contributed by atoms with van der Waals surface area (Å²) in [6.07, 6.45) is 0. The van der Waals surface area contributed by atoms with Gasteiger partial charge in [0, 0.05) is 30.3 Å². The van der Waals surface area contributed by atoms with Crippen LogP contribution >= 0.6 is 15.9 Å². The lowest BCUT2D eigenvalue weighted by Crippen LogP contribution is -2.36. The van der Waals surface area contributed by atoms with E-state index in [1.807, 2.05) is 0 Å². The van der Waals surface area contributed by atoms with Gasteiger partial charge >= 0.3 is 6.03 Å². The summed E-state index contributed by atoms with van der Waals surface area (Å²) >= 11 is 3.33. The molecule has 0 saturated carbocycles. The molecule has 1 fully saturated rings. The van der Waals surface area contributed by atoms with Crippen LogP contribution in [0.3, 0.4) is 0 Å². The second kappa shape index (κ2) is 5.48. The number of anilines is 2. The van der Waals surface area contributed by atoms with Crippen molar-refractivity contribution in [3.8, 4) is 0 Å². The van der Waals surface area contributed by atoms with Crippen molar-refractivity contribution in [3.05, 3.63) is 22.7 Å². The van der Waals surface area contributed by atoms with E-state index in [1.54, 1.807) is 30.1 Å². The maximum Gasteiger partial charge on any atom is 0.320 e. The van der Waals surface area contributed by atoms with E-state index in [4.69, 9.17) is 5.73 Å². The number of benzene rings is 1. The molecule has 0 spiro atoms. The number of nitrogen functional groups attached to an aromatic ring is 1. The van der Waals surface area contributed by atoms with Crippen LogP contribution in [0.5, 0.6) is 0 Å². The van der Waals surface area contributed by atoms with Gasteiger partial charge in [0.2, 0.25) is 5.91 Å². The Hall–Kier alpha value is -1.76. The quantitative estimate of drug-likeness (QED) is 0.822. The highest BCUT2D eigenvalue weighted by molar-refractivity contribution is 9.10. The van der Waals surface area contributed by atoms with Crippen molar-refractivity contribution in [1.82, 2.24) is 9.80 Å². The van der Waals surface area contributed by atoms with Gasteiger partial charge in [-0.2, -0.15) is 0 Å². The number of urea groups is 1. The first-order valence-electron chi connectivity index (χ1n) is 5.82. The minimum Gasteiger partial charge on any atom is -0.399 e. The molecule has 0 radical (unpaired) electrons. The zero-order chi connectivity index (χ0) is 14.0. The third-order valence-corrected chi connectivity index (χ3v) is 3.56. The molecule has 3 N–H and O–H groups in total. The molecule has 1 aliphatic heterocycles. The minimum absolute atomic E-state index is 0.0555. The number of rotatable bonds is 3. The van der Waals surface area contributed by atoms with Crippen molar-refractivity contribution in [3.63, 3.8) is 0 Å². The van der Waals surface area contributed by atoms with Crippen molar-refractivity contribution >= 4 is 39.2 Å². The zero-order valence-electron chi connectivity index (χ0n) is 10.5. The Morgan fingerprint density at radius 2 is 2.21 bits per heavy atom. The Bertz CT molecular complexity index is 520. The Labute approximate surface area is 119 Å². The number of likely N-dealkylation sites (N-methyl/N-ethyl adjacent to an activating group) is 1. The van der Waals surface area contributed by atoms with Crippen molar-refractivity contribution in [2.24, 2.45) is 0 Å². The van der Waals surface area contributed by atoms with E-state index >= 15 is 0 Å². The molecule has 1 heterocycles. The van der Waals surface area contributed by atoms with Crippen LogP contribution in [0.2, 0.25) is 0 Å². The fraction of sp³-hybridized carbons (Fsp3) is 0.333. The van der Waals surface area contributed by atoms with Gasteiger partial charge in [-0.1, -0.05) is 0 Å². The predicted molar refractivity (Wildman–Crippen MR) is 76.8 cm³/mol. The van der Waals surface area contributed by atoms with Crippen LogP contribution < -0.4 is 11.1 Å². The topological polar surface area (TPSA) is 78.7 Å². The number of halogens is 1. The van der Waals surface area contributed by atoms with Crippen molar-refractivity contribution < 1.29 is 9.59 Å². The summed E-state index contributed by atoms with van der Waals surface area (Å²) < 4.78 is 0.714. The van der Waals surface area contributed by atoms with Crippen molar-refractivity contribution in [2.45, 2.75) is 0 Å². The Morgan fingerprint density at radius 3 is 2.79 bits per heavy atom. The molecule has 102 valence electrons. The minimum atomic E-state index is -0.228.